The minimum Gasteiger partial charge on any atom is -0.483 e. The van der Waals surface area contributed by atoms with E-state index in [4.69, 9.17) is 9.90 Å². The predicted octanol–water partition coefficient (Wildman–Crippen LogP) is 0.413. The molecule has 0 aromatic carbocycles. The number of sulfonamides is 1. The number of carboxylic acid groups (broad SMARTS) is 1. The molecule has 0 bridgehead atoms. The summed E-state index contributed by atoms with van der Waals surface area (Å²) in [7, 11) is -3.18. The molecule has 3 heterocycles. The predicted molar refractivity (Wildman–Crippen MR) is 104 cm³/mol. The van der Waals surface area contributed by atoms with Crippen LogP contribution in [0.2, 0.25) is 0 Å². The van der Waals surface area contributed by atoms with Gasteiger partial charge >= 0.3 is 0 Å². The molecule has 1 unspecified atom stereocenters. The Morgan fingerprint density at radius 2 is 1.82 bits per heavy atom. The quantitative estimate of drug-likeness (QED) is 0.698. The SMILES string of the molecule is CCS(=O)(=O)N1CCN(C(=O)C(c2cccnc2)N2CCCC2)CC1.O=CO. The van der Waals surface area contributed by atoms with Gasteiger partial charge in [0.25, 0.3) is 6.47 Å². The zero-order chi connectivity index (χ0) is 20.6. The molecule has 2 aliphatic rings. The third-order valence-corrected chi connectivity index (χ3v) is 6.93. The number of rotatable bonds is 5. The van der Waals surface area contributed by atoms with Crippen LogP contribution in [0, 0.1) is 0 Å². The van der Waals surface area contributed by atoms with Gasteiger partial charge in [0.1, 0.15) is 6.04 Å². The Labute approximate surface area is 166 Å². The molecule has 3 rings (SSSR count). The number of nitrogens with zero attached hydrogens (tertiary/aromatic N) is 4. The maximum Gasteiger partial charge on any atom is 0.290 e. The summed E-state index contributed by atoms with van der Waals surface area (Å²) < 4.78 is 25.5. The minimum atomic E-state index is -3.18. The molecule has 1 amide bonds. The van der Waals surface area contributed by atoms with E-state index in [9.17, 15) is 13.2 Å². The zero-order valence-electron chi connectivity index (χ0n) is 16.1. The van der Waals surface area contributed by atoms with E-state index in [1.54, 1.807) is 24.2 Å². The van der Waals surface area contributed by atoms with Gasteiger partial charge in [-0.15, -0.1) is 0 Å². The van der Waals surface area contributed by atoms with Crippen molar-refractivity contribution in [2.24, 2.45) is 0 Å². The highest BCUT2D eigenvalue weighted by atomic mass is 32.2. The first-order valence-electron chi connectivity index (χ1n) is 9.43. The number of pyridine rings is 1. The summed E-state index contributed by atoms with van der Waals surface area (Å²) in [6.45, 7) is 4.87. The number of amides is 1. The molecule has 0 saturated carbocycles. The van der Waals surface area contributed by atoms with E-state index in [0.29, 0.717) is 26.2 Å². The van der Waals surface area contributed by atoms with Crippen molar-refractivity contribution in [1.29, 1.82) is 0 Å². The molecule has 1 atom stereocenters. The molecule has 156 valence electrons. The van der Waals surface area contributed by atoms with Gasteiger partial charge < -0.3 is 10.0 Å². The van der Waals surface area contributed by atoms with Gasteiger partial charge in [0, 0.05) is 38.6 Å². The van der Waals surface area contributed by atoms with E-state index < -0.39 is 10.0 Å². The molecular weight excluding hydrogens is 384 g/mol. The summed E-state index contributed by atoms with van der Waals surface area (Å²) in [5.74, 6) is 0.163. The zero-order valence-corrected chi connectivity index (χ0v) is 16.9. The van der Waals surface area contributed by atoms with E-state index in [1.807, 2.05) is 12.1 Å². The van der Waals surface area contributed by atoms with Gasteiger partial charge in [-0.1, -0.05) is 6.07 Å². The first-order chi connectivity index (χ1) is 13.4. The maximum atomic E-state index is 13.2. The van der Waals surface area contributed by atoms with Crippen LogP contribution in [0.15, 0.2) is 24.5 Å². The molecule has 0 aliphatic carbocycles. The van der Waals surface area contributed by atoms with Crippen molar-refractivity contribution in [2.45, 2.75) is 25.8 Å². The van der Waals surface area contributed by atoms with Crippen LogP contribution >= 0.6 is 0 Å². The molecule has 28 heavy (non-hydrogen) atoms. The summed E-state index contributed by atoms with van der Waals surface area (Å²) >= 11 is 0. The van der Waals surface area contributed by atoms with Gasteiger partial charge in [-0.2, -0.15) is 4.31 Å². The largest absolute Gasteiger partial charge is 0.483 e. The summed E-state index contributed by atoms with van der Waals surface area (Å²) in [5.41, 5.74) is 0.915. The molecule has 2 saturated heterocycles. The Morgan fingerprint density at radius 3 is 2.32 bits per heavy atom. The molecule has 1 aromatic rings. The minimum absolute atomic E-state index is 0.0587. The van der Waals surface area contributed by atoms with Crippen LogP contribution in [0.1, 0.15) is 31.4 Å². The average Bonchev–Trinajstić information content (AvgIpc) is 3.24. The van der Waals surface area contributed by atoms with Gasteiger partial charge in [0.2, 0.25) is 15.9 Å². The lowest BCUT2D eigenvalue weighted by atomic mass is 10.1. The smallest absolute Gasteiger partial charge is 0.290 e. The highest BCUT2D eigenvalue weighted by Gasteiger charge is 2.35. The second kappa shape index (κ2) is 10.5. The normalized spacial score (nSPS) is 19.5. The third kappa shape index (κ3) is 5.49. The third-order valence-electron chi connectivity index (χ3n) is 5.05. The average molecular weight is 413 g/mol. The lowest BCUT2D eigenvalue weighted by Gasteiger charge is -2.37. The van der Waals surface area contributed by atoms with E-state index in [0.717, 1.165) is 31.5 Å². The van der Waals surface area contributed by atoms with Crippen LogP contribution in [0.3, 0.4) is 0 Å². The van der Waals surface area contributed by atoms with Crippen molar-refractivity contribution in [3.63, 3.8) is 0 Å². The molecule has 1 N–H and O–H groups in total. The monoisotopic (exact) mass is 412 g/mol. The lowest BCUT2D eigenvalue weighted by molar-refractivity contribution is -0.138. The molecule has 0 spiro atoms. The van der Waals surface area contributed by atoms with Crippen LogP contribution < -0.4 is 0 Å². The van der Waals surface area contributed by atoms with E-state index >= 15 is 0 Å². The Bertz CT molecular complexity index is 730. The standard InChI is InChI=1S/C17H26N4O3S.CH2O2/c1-2-25(23,24)21-12-10-20(11-13-21)17(22)16(19-8-3-4-9-19)15-6-5-7-18-14-15;2-1-3/h5-7,14,16H,2-4,8-13H2,1H3;1H,(H,2,3). The van der Waals surface area contributed by atoms with Crippen LogP contribution in [-0.2, 0) is 19.6 Å². The van der Waals surface area contributed by atoms with Gasteiger partial charge in [-0.25, -0.2) is 8.42 Å². The number of carbonyl (C=O) groups is 2. The Hall–Kier alpha value is -2.04. The van der Waals surface area contributed by atoms with E-state index in [2.05, 4.69) is 9.88 Å². The topological polar surface area (TPSA) is 111 Å². The fourth-order valence-electron chi connectivity index (χ4n) is 3.59. The molecule has 2 fully saturated rings. The molecule has 1 aromatic heterocycles. The van der Waals surface area contributed by atoms with Crippen LogP contribution in [0.5, 0.6) is 0 Å². The fourth-order valence-corrected chi connectivity index (χ4v) is 4.67. The molecule has 10 heteroatoms. The number of hydrogen-bond donors (Lipinski definition) is 1. The van der Waals surface area contributed by atoms with Crippen LogP contribution in [0.4, 0.5) is 0 Å². The Kier molecular flexibility index (Phi) is 8.34. The number of piperazine rings is 1. The first-order valence-corrected chi connectivity index (χ1v) is 11.0. The first kappa shape index (κ1) is 22.3. The number of likely N-dealkylation sites (tertiary alicyclic amines) is 1. The number of hydrogen-bond acceptors (Lipinski definition) is 6. The Morgan fingerprint density at radius 1 is 1.21 bits per heavy atom. The van der Waals surface area contributed by atoms with Crippen molar-refractivity contribution in [3.05, 3.63) is 30.1 Å². The highest BCUT2D eigenvalue weighted by Crippen LogP contribution is 2.27. The van der Waals surface area contributed by atoms with Crippen molar-refractivity contribution in [3.8, 4) is 0 Å². The number of carbonyl (C=O) groups excluding carboxylic acids is 1. The lowest BCUT2D eigenvalue weighted by Crippen LogP contribution is -2.53. The molecule has 0 radical (unpaired) electrons. The van der Waals surface area contributed by atoms with Gasteiger partial charge in [0.05, 0.1) is 5.75 Å². The van der Waals surface area contributed by atoms with E-state index in [-0.39, 0.29) is 24.2 Å². The molecular formula is C18H28N4O5S. The number of aromatic nitrogens is 1. The van der Waals surface area contributed by atoms with Gasteiger partial charge in [0.15, 0.2) is 0 Å². The summed E-state index contributed by atoms with van der Waals surface area (Å²) in [6, 6.07) is 3.49. The summed E-state index contributed by atoms with van der Waals surface area (Å²) in [4.78, 5) is 29.8. The molecule has 9 nitrogen and oxygen atoms in total. The van der Waals surface area contributed by atoms with Crippen molar-refractivity contribution >= 4 is 22.4 Å². The maximum absolute atomic E-state index is 13.2. The van der Waals surface area contributed by atoms with Gasteiger partial charge in [-0.3, -0.25) is 19.5 Å². The van der Waals surface area contributed by atoms with E-state index in [1.165, 1.54) is 4.31 Å². The Balaban J connectivity index is 0.000000878. The fraction of sp³-hybridized carbons (Fsp3) is 0.611. The van der Waals surface area contributed by atoms with Crippen molar-refractivity contribution in [2.75, 3.05) is 45.0 Å². The highest BCUT2D eigenvalue weighted by molar-refractivity contribution is 7.89. The summed E-state index contributed by atoms with van der Waals surface area (Å²) in [5, 5.41) is 6.89. The van der Waals surface area contributed by atoms with Crippen LogP contribution in [-0.4, -0.2) is 90.0 Å². The van der Waals surface area contributed by atoms with Crippen molar-refractivity contribution < 1.29 is 23.1 Å². The van der Waals surface area contributed by atoms with Crippen LogP contribution in [0.25, 0.3) is 0 Å². The van der Waals surface area contributed by atoms with Crippen molar-refractivity contribution in [1.82, 2.24) is 19.1 Å². The van der Waals surface area contributed by atoms with Gasteiger partial charge in [-0.05, 0) is 44.5 Å². The summed E-state index contributed by atoms with van der Waals surface area (Å²) in [6.07, 6.45) is 5.68. The second-order valence-corrected chi connectivity index (χ2v) is 8.92. The molecule has 2 aliphatic heterocycles. The second-order valence-electron chi connectivity index (χ2n) is 6.66.